The first-order chi connectivity index (χ1) is 13.1. The molecule has 9 nitrogen and oxygen atoms in total. The van der Waals surface area contributed by atoms with Crippen LogP contribution >= 0.6 is 0 Å². The highest BCUT2D eigenvalue weighted by atomic mass is 16.4. The molecular weight excluding hydrogens is 366 g/mol. The van der Waals surface area contributed by atoms with Crippen LogP contribution < -0.4 is 16.4 Å². The number of amides is 2. The zero-order valence-corrected chi connectivity index (χ0v) is 15.9. The molecule has 0 unspecified atom stereocenters. The Morgan fingerprint density at radius 2 is 1.61 bits per heavy atom. The van der Waals surface area contributed by atoms with E-state index in [2.05, 4.69) is 10.6 Å². The van der Waals surface area contributed by atoms with E-state index in [1.165, 1.54) is 0 Å². The van der Waals surface area contributed by atoms with Gasteiger partial charge in [-0.15, -0.1) is 0 Å². The van der Waals surface area contributed by atoms with Crippen LogP contribution in [0.25, 0.3) is 0 Å². The quantitative estimate of drug-likeness (QED) is 0.357. The number of hydrogen-bond donors (Lipinski definition) is 5. The second-order valence-electron chi connectivity index (χ2n) is 6.86. The number of nitrogens with two attached hydrogens (primary N) is 1. The van der Waals surface area contributed by atoms with Crippen LogP contribution in [0.3, 0.4) is 0 Å². The fraction of sp³-hybridized carbons (Fsp3) is 0.474. The summed E-state index contributed by atoms with van der Waals surface area (Å²) in [5.74, 6) is -3.90. The number of carboxylic acids is 2. The van der Waals surface area contributed by atoms with Gasteiger partial charge in [0.15, 0.2) is 0 Å². The van der Waals surface area contributed by atoms with Crippen molar-refractivity contribution in [3.05, 3.63) is 35.9 Å². The van der Waals surface area contributed by atoms with Crippen molar-refractivity contribution in [2.45, 2.75) is 51.2 Å². The molecule has 0 saturated carbocycles. The van der Waals surface area contributed by atoms with E-state index in [0.717, 1.165) is 5.56 Å². The number of hydrogen-bond acceptors (Lipinski definition) is 5. The molecule has 0 aliphatic heterocycles. The Morgan fingerprint density at radius 1 is 1.00 bits per heavy atom. The summed E-state index contributed by atoms with van der Waals surface area (Å²) in [5, 5.41) is 23.0. The van der Waals surface area contributed by atoms with Gasteiger partial charge in [-0.05, 0) is 17.9 Å². The smallest absolute Gasteiger partial charge is 0.326 e. The highest BCUT2D eigenvalue weighted by Crippen LogP contribution is 2.07. The maximum atomic E-state index is 12.6. The summed E-state index contributed by atoms with van der Waals surface area (Å²) < 4.78 is 0. The Kier molecular flexibility index (Phi) is 9.10. The largest absolute Gasteiger partial charge is 0.481 e. The van der Waals surface area contributed by atoms with Crippen LogP contribution in [0.5, 0.6) is 0 Å². The Labute approximate surface area is 163 Å². The molecule has 1 rings (SSSR count). The van der Waals surface area contributed by atoms with E-state index < -0.39 is 41.9 Å². The third-order valence-corrected chi connectivity index (χ3v) is 4.15. The van der Waals surface area contributed by atoms with Crippen LogP contribution in [0.2, 0.25) is 0 Å². The van der Waals surface area contributed by atoms with Crippen LogP contribution in [-0.4, -0.2) is 52.1 Å². The summed E-state index contributed by atoms with van der Waals surface area (Å²) in [6.45, 7) is 3.39. The molecule has 28 heavy (non-hydrogen) atoms. The van der Waals surface area contributed by atoms with E-state index in [-0.39, 0.29) is 25.2 Å². The first-order valence-electron chi connectivity index (χ1n) is 8.96. The number of carboxylic acid groups (broad SMARTS) is 2. The maximum absolute atomic E-state index is 12.6. The number of benzene rings is 1. The summed E-state index contributed by atoms with van der Waals surface area (Å²) in [5.41, 5.74) is 6.41. The van der Waals surface area contributed by atoms with Crippen LogP contribution in [-0.2, 0) is 25.6 Å². The van der Waals surface area contributed by atoms with Crippen molar-refractivity contribution in [2.24, 2.45) is 11.7 Å². The summed E-state index contributed by atoms with van der Waals surface area (Å²) in [6, 6.07) is 5.61. The second kappa shape index (κ2) is 11.0. The Hall–Kier alpha value is -2.94. The minimum Gasteiger partial charge on any atom is -0.481 e. The average molecular weight is 393 g/mol. The molecule has 9 heteroatoms. The van der Waals surface area contributed by atoms with Gasteiger partial charge in [0.05, 0.1) is 6.04 Å². The van der Waals surface area contributed by atoms with E-state index in [9.17, 15) is 24.3 Å². The zero-order chi connectivity index (χ0) is 21.3. The molecule has 154 valence electrons. The molecule has 0 bridgehead atoms. The molecule has 0 fully saturated rings. The van der Waals surface area contributed by atoms with Crippen molar-refractivity contribution in [1.82, 2.24) is 10.6 Å². The van der Waals surface area contributed by atoms with Crippen LogP contribution in [0, 0.1) is 5.92 Å². The lowest BCUT2D eigenvalue weighted by molar-refractivity contribution is -0.142. The van der Waals surface area contributed by atoms with Crippen LogP contribution in [0.15, 0.2) is 30.3 Å². The molecule has 1 aromatic rings. The second-order valence-corrected chi connectivity index (χ2v) is 6.86. The molecule has 6 N–H and O–H groups in total. The van der Waals surface area contributed by atoms with Gasteiger partial charge in [-0.1, -0.05) is 44.2 Å². The first kappa shape index (κ1) is 23.1. The van der Waals surface area contributed by atoms with E-state index in [0.29, 0.717) is 0 Å². The molecule has 0 spiro atoms. The Morgan fingerprint density at radius 3 is 2.11 bits per heavy atom. The number of carbonyl (C=O) groups is 4. The van der Waals surface area contributed by atoms with Gasteiger partial charge in [0.1, 0.15) is 12.1 Å². The average Bonchev–Trinajstić information content (AvgIpc) is 2.63. The minimum atomic E-state index is -1.19. The predicted octanol–water partition coefficient (Wildman–Crippen LogP) is 0.131. The lowest BCUT2D eigenvalue weighted by Crippen LogP contribution is -2.56. The number of aliphatic carboxylic acids is 2. The predicted molar refractivity (Wildman–Crippen MR) is 101 cm³/mol. The van der Waals surface area contributed by atoms with Gasteiger partial charge in [-0.2, -0.15) is 0 Å². The van der Waals surface area contributed by atoms with Gasteiger partial charge in [0.2, 0.25) is 11.8 Å². The summed E-state index contributed by atoms with van der Waals surface area (Å²) >= 11 is 0. The van der Waals surface area contributed by atoms with E-state index in [4.69, 9.17) is 10.8 Å². The van der Waals surface area contributed by atoms with Gasteiger partial charge in [-0.3, -0.25) is 14.4 Å². The fourth-order valence-electron chi connectivity index (χ4n) is 2.52. The van der Waals surface area contributed by atoms with E-state index in [1.54, 1.807) is 44.2 Å². The highest BCUT2D eigenvalue weighted by Gasteiger charge is 2.30. The molecular formula is C19H27N3O6. The number of nitrogens with one attached hydrogen (secondary N) is 2. The van der Waals surface area contributed by atoms with Crippen molar-refractivity contribution >= 4 is 23.8 Å². The van der Waals surface area contributed by atoms with Crippen LogP contribution in [0.4, 0.5) is 0 Å². The normalized spacial score (nSPS) is 14.0. The van der Waals surface area contributed by atoms with E-state index in [1.807, 2.05) is 0 Å². The van der Waals surface area contributed by atoms with Crippen molar-refractivity contribution < 1.29 is 29.4 Å². The molecule has 0 aliphatic rings. The zero-order valence-electron chi connectivity index (χ0n) is 15.9. The van der Waals surface area contributed by atoms with Crippen molar-refractivity contribution in [1.29, 1.82) is 0 Å². The third kappa shape index (κ3) is 7.75. The third-order valence-electron chi connectivity index (χ3n) is 4.15. The Bertz CT molecular complexity index is 692. The topological polar surface area (TPSA) is 159 Å². The molecule has 0 aliphatic carbocycles. The molecule has 3 atom stereocenters. The summed E-state index contributed by atoms with van der Waals surface area (Å²) in [7, 11) is 0. The van der Waals surface area contributed by atoms with Crippen molar-refractivity contribution in [3.63, 3.8) is 0 Å². The molecule has 0 aromatic heterocycles. The Balaban J connectivity index is 2.77. The SMILES string of the molecule is CC(C)[C@H](NC(=O)[C@@H](N)CCC(=O)O)C(=O)N[C@@H](Cc1ccccc1)C(=O)O. The van der Waals surface area contributed by atoms with E-state index >= 15 is 0 Å². The maximum Gasteiger partial charge on any atom is 0.326 e. The van der Waals surface area contributed by atoms with Crippen molar-refractivity contribution in [3.8, 4) is 0 Å². The van der Waals surface area contributed by atoms with Crippen molar-refractivity contribution in [2.75, 3.05) is 0 Å². The van der Waals surface area contributed by atoms with Gasteiger partial charge in [-0.25, -0.2) is 4.79 Å². The van der Waals surface area contributed by atoms with Gasteiger partial charge in [0, 0.05) is 12.8 Å². The van der Waals surface area contributed by atoms with Gasteiger partial charge in [0.25, 0.3) is 0 Å². The van der Waals surface area contributed by atoms with Gasteiger partial charge >= 0.3 is 11.9 Å². The van der Waals surface area contributed by atoms with Gasteiger partial charge < -0.3 is 26.6 Å². The first-order valence-corrected chi connectivity index (χ1v) is 8.96. The standard InChI is InChI=1S/C19H27N3O6/c1-11(2)16(22-17(25)13(20)8-9-15(23)24)18(26)21-14(19(27)28)10-12-6-4-3-5-7-12/h3-7,11,13-14,16H,8-10,20H2,1-2H3,(H,21,26)(H,22,25)(H,23,24)(H,27,28)/t13-,14-,16-/m0/s1. The summed E-state index contributed by atoms with van der Waals surface area (Å²) in [6.07, 6.45) is -0.247. The minimum absolute atomic E-state index is 0.0701. The lowest BCUT2D eigenvalue weighted by Gasteiger charge is -2.25. The molecule has 0 radical (unpaired) electrons. The van der Waals surface area contributed by atoms with Crippen LogP contribution in [0.1, 0.15) is 32.3 Å². The number of rotatable bonds is 11. The fourth-order valence-corrected chi connectivity index (χ4v) is 2.52. The number of carbonyl (C=O) groups excluding carboxylic acids is 2. The molecule has 2 amide bonds. The summed E-state index contributed by atoms with van der Waals surface area (Å²) in [4.78, 5) is 46.9. The molecule has 1 aromatic carbocycles. The lowest BCUT2D eigenvalue weighted by atomic mass is 10.0. The molecule has 0 saturated heterocycles. The molecule has 0 heterocycles. The monoisotopic (exact) mass is 393 g/mol. The highest BCUT2D eigenvalue weighted by molar-refractivity contribution is 5.92.